The second-order valence-electron chi connectivity index (χ2n) is 4.04. The van der Waals surface area contributed by atoms with Crippen molar-refractivity contribution in [1.82, 2.24) is 4.98 Å². The molecule has 0 aliphatic heterocycles. The molecule has 1 heterocycles. The number of rotatable bonds is 5. The molecule has 0 aliphatic rings. The minimum Gasteiger partial charge on any atom is -0.380 e. The fourth-order valence-electron chi connectivity index (χ4n) is 1.75. The molecule has 100 valence electrons. The molecule has 19 heavy (non-hydrogen) atoms. The van der Waals surface area contributed by atoms with Gasteiger partial charge < -0.3 is 10.1 Å². The van der Waals surface area contributed by atoms with Crippen molar-refractivity contribution in [2.45, 2.75) is 13.2 Å². The van der Waals surface area contributed by atoms with Gasteiger partial charge in [0.2, 0.25) is 0 Å². The van der Waals surface area contributed by atoms with Gasteiger partial charge in [-0.15, -0.1) is 0 Å². The Hall–Kier alpha value is -1.65. The second kappa shape index (κ2) is 6.50. The summed E-state index contributed by atoms with van der Waals surface area (Å²) in [5, 5.41) is 3.24. The fraction of sp³-hybridized carbons (Fsp3) is 0.214. The first-order valence-corrected chi connectivity index (χ1v) is 6.19. The van der Waals surface area contributed by atoms with Crippen LogP contribution in [0.1, 0.15) is 11.1 Å². The number of hydrogen-bond donors (Lipinski definition) is 1. The quantitative estimate of drug-likeness (QED) is 0.908. The largest absolute Gasteiger partial charge is 0.380 e. The summed E-state index contributed by atoms with van der Waals surface area (Å²) in [7, 11) is 1.64. The molecular weight excluding hydrogens is 267 g/mol. The summed E-state index contributed by atoms with van der Waals surface area (Å²) in [5.41, 5.74) is 2.10. The first-order chi connectivity index (χ1) is 9.20. The Morgan fingerprint density at radius 1 is 1.32 bits per heavy atom. The van der Waals surface area contributed by atoms with E-state index in [0.717, 1.165) is 11.1 Å². The molecule has 1 aromatic carbocycles. The third kappa shape index (κ3) is 3.66. The molecule has 1 N–H and O–H groups in total. The molecule has 5 heteroatoms. The molecule has 0 saturated carbocycles. The molecule has 2 aromatic rings. The van der Waals surface area contributed by atoms with E-state index >= 15 is 0 Å². The van der Waals surface area contributed by atoms with Gasteiger partial charge in [-0.2, -0.15) is 0 Å². The molecule has 0 aliphatic carbocycles. The number of aromatic nitrogens is 1. The molecule has 0 unspecified atom stereocenters. The van der Waals surface area contributed by atoms with Crippen molar-refractivity contribution >= 4 is 17.4 Å². The standard InChI is InChI=1S/C14H14ClFN2O/c1-19-9-11-5-3-2-4-10(11)7-17-14-13(16)6-12(15)8-18-14/h2-6,8H,7,9H2,1H3,(H,17,18). The average molecular weight is 281 g/mol. The number of ether oxygens (including phenoxy) is 1. The fourth-order valence-corrected chi connectivity index (χ4v) is 1.89. The van der Waals surface area contributed by atoms with Crippen molar-refractivity contribution in [3.8, 4) is 0 Å². The zero-order chi connectivity index (χ0) is 13.7. The van der Waals surface area contributed by atoms with Crippen LogP contribution in [0.4, 0.5) is 10.2 Å². The summed E-state index contributed by atoms with van der Waals surface area (Å²) >= 11 is 5.65. The van der Waals surface area contributed by atoms with Crippen LogP contribution >= 0.6 is 11.6 Å². The van der Waals surface area contributed by atoms with Crippen molar-refractivity contribution in [3.05, 3.63) is 58.5 Å². The zero-order valence-electron chi connectivity index (χ0n) is 10.5. The molecule has 0 amide bonds. The molecule has 3 nitrogen and oxygen atoms in total. The van der Waals surface area contributed by atoms with Gasteiger partial charge in [0, 0.05) is 19.9 Å². The van der Waals surface area contributed by atoms with Crippen LogP contribution in [0.5, 0.6) is 0 Å². The number of benzene rings is 1. The Morgan fingerprint density at radius 3 is 2.74 bits per heavy atom. The van der Waals surface area contributed by atoms with Gasteiger partial charge in [0.25, 0.3) is 0 Å². The summed E-state index contributed by atoms with van der Waals surface area (Å²) in [6.45, 7) is 0.999. The maximum absolute atomic E-state index is 13.6. The number of pyridine rings is 1. The van der Waals surface area contributed by atoms with Gasteiger partial charge >= 0.3 is 0 Å². The summed E-state index contributed by atoms with van der Waals surface area (Å²) in [6.07, 6.45) is 1.41. The monoisotopic (exact) mass is 280 g/mol. The Bertz CT molecular complexity index is 563. The van der Waals surface area contributed by atoms with Gasteiger partial charge in [0.05, 0.1) is 11.6 Å². The van der Waals surface area contributed by atoms with E-state index in [1.54, 1.807) is 7.11 Å². The summed E-state index contributed by atoms with van der Waals surface area (Å²) in [5.74, 6) is -0.270. The normalized spacial score (nSPS) is 10.5. The van der Waals surface area contributed by atoms with Crippen molar-refractivity contribution in [2.24, 2.45) is 0 Å². The molecule has 1 aromatic heterocycles. The molecule has 2 rings (SSSR count). The maximum atomic E-state index is 13.6. The van der Waals surface area contributed by atoms with E-state index in [1.807, 2.05) is 24.3 Å². The van der Waals surface area contributed by atoms with Gasteiger partial charge in [0.1, 0.15) is 0 Å². The highest BCUT2D eigenvalue weighted by molar-refractivity contribution is 6.30. The molecule has 0 bridgehead atoms. The van der Waals surface area contributed by atoms with Gasteiger partial charge in [-0.05, 0) is 17.2 Å². The Morgan fingerprint density at radius 2 is 2.05 bits per heavy atom. The van der Waals surface area contributed by atoms with Crippen LogP contribution in [0.15, 0.2) is 36.5 Å². The van der Waals surface area contributed by atoms with Crippen LogP contribution in [-0.4, -0.2) is 12.1 Å². The summed E-state index contributed by atoms with van der Waals surface area (Å²) < 4.78 is 18.7. The van der Waals surface area contributed by atoms with E-state index < -0.39 is 5.82 Å². The number of nitrogens with zero attached hydrogens (tertiary/aromatic N) is 1. The minimum absolute atomic E-state index is 0.191. The first kappa shape index (κ1) is 13.8. The van der Waals surface area contributed by atoms with Gasteiger partial charge in [-0.1, -0.05) is 35.9 Å². The van der Waals surface area contributed by atoms with Crippen LogP contribution in [0, 0.1) is 5.82 Å². The van der Waals surface area contributed by atoms with Gasteiger partial charge in [-0.3, -0.25) is 0 Å². The predicted molar refractivity (Wildman–Crippen MR) is 73.7 cm³/mol. The molecule has 0 saturated heterocycles. The molecule has 0 fully saturated rings. The van der Waals surface area contributed by atoms with Crippen LogP contribution < -0.4 is 5.32 Å². The number of anilines is 1. The highest BCUT2D eigenvalue weighted by Crippen LogP contribution is 2.17. The van der Waals surface area contributed by atoms with Crippen LogP contribution in [0.25, 0.3) is 0 Å². The van der Waals surface area contributed by atoms with Crippen LogP contribution in [0.2, 0.25) is 5.02 Å². The Kier molecular flexibility index (Phi) is 4.71. The van der Waals surface area contributed by atoms with E-state index in [2.05, 4.69) is 10.3 Å². The third-order valence-corrected chi connectivity index (χ3v) is 2.88. The lowest BCUT2D eigenvalue weighted by Gasteiger charge is -2.11. The molecule has 0 spiro atoms. The number of halogens is 2. The third-order valence-electron chi connectivity index (χ3n) is 2.67. The lowest BCUT2D eigenvalue weighted by atomic mass is 10.1. The first-order valence-electron chi connectivity index (χ1n) is 5.81. The Balaban J connectivity index is 2.10. The second-order valence-corrected chi connectivity index (χ2v) is 4.48. The SMILES string of the molecule is COCc1ccccc1CNc1ncc(Cl)cc1F. The number of methoxy groups -OCH3 is 1. The number of hydrogen-bond acceptors (Lipinski definition) is 3. The highest BCUT2D eigenvalue weighted by atomic mass is 35.5. The van der Waals surface area contributed by atoms with Gasteiger partial charge in [-0.25, -0.2) is 9.37 Å². The van der Waals surface area contributed by atoms with E-state index in [9.17, 15) is 4.39 Å². The van der Waals surface area contributed by atoms with Gasteiger partial charge in [0.15, 0.2) is 11.6 Å². The molecule has 0 atom stereocenters. The molecular formula is C14H14ClFN2O. The maximum Gasteiger partial charge on any atom is 0.166 e. The van der Waals surface area contributed by atoms with E-state index in [0.29, 0.717) is 13.2 Å². The van der Waals surface area contributed by atoms with Crippen molar-refractivity contribution < 1.29 is 9.13 Å². The summed E-state index contributed by atoms with van der Waals surface area (Å²) in [4.78, 5) is 3.92. The summed E-state index contributed by atoms with van der Waals surface area (Å²) in [6, 6.07) is 9.06. The lowest BCUT2D eigenvalue weighted by Crippen LogP contribution is -2.06. The number of nitrogens with one attached hydrogen (secondary N) is 1. The Labute approximate surface area is 116 Å². The van der Waals surface area contributed by atoms with Crippen LogP contribution in [0.3, 0.4) is 0 Å². The zero-order valence-corrected chi connectivity index (χ0v) is 11.2. The predicted octanol–water partition coefficient (Wildman–Crippen LogP) is 3.63. The minimum atomic E-state index is -0.461. The van der Waals surface area contributed by atoms with E-state index in [1.165, 1.54) is 12.3 Å². The highest BCUT2D eigenvalue weighted by Gasteiger charge is 2.06. The molecule has 0 radical (unpaired) electrons. The average Bonchev–Trinajstić information content (AvgIpc) is 2.40. The smallest absolute Gasteiger partial charge is 0.166 e. The topological polar surface area (TPSA) is 34.1 Å². The van der Waals surface area contributed by atoms with Crippen molar-refractivity contribution in [3.63, 3.8) is 0 Å². The lowest BCUT2D eigenvalue weighted by molar-refractivity contribution is 0.184. The van der Waals surface area contributed by atoms with Crippen molar-refractivity contribution in [1.29, 1.82) is 0 Å². The van der Waals surface area contributed by atoms with Crippen molar-refractivity contribution in [2.75, 3.05) is 12.4 Å². The van der Waals surface area contributed by atoms with E-state index in [4.69, 9.17) is 16.3 Å². The van der Waals surface area contributed by atoms with E-state index in [-0.39, 0.29) is 10.8 Å². The van der Waals surface area contributed by atoms with Crippen LogP contribution in [-0.2, 0) is 17.9 Å².